The molecule has 2 aromatic carbocycles. The molecule has 0 atom stereocenters. The Morgan fingerprint density at radius 2 is 2.00 bits per heavy atom. The van der Waals surface area contributed by atoms with Crippen LogP contribution in [0.15, 0.2) is 48.5 Å². The SMILES string of the molecule is O=C(Nc1c(-c2cccc(Cl)c2)n[nH]c1C1CC1)c1cccc(F)c1. The lowest BCUT2D eigenvalue weighted by Crippen LogP contribution is -2.13. The van der Waals surface area contributed by atoms with Gasteiger partial charge in [-0.1, -0.05) is 29.8 Å². The van der Waals surface area contributed by atoms with E-state index in [2.05, 4.69) is 15.5 Å². The maximum atomic E-state index is 13.4. The Labute approximate surface area is 149 Å². The van der Waals surface area contributed by atoms with E-state index in [1.807, 2.05) is 12.1 Å². The number of aromatic amines is 1. The predicted octanol–water partition coefficient (Wildman–Crippen LogP) is 5.00. The second-order valence-electron chi connectivity index (χ2n) is 6.11. The number of H-pyrrole nitrogens is 1. The number of aromatic nitrogens is 2. The van der Waals surface area contributed by atoms with Gasteiger partial charge in [0.1, 0.15) is 11.5 Å². The van der Waals surface area contributed by atoms with E-state index >= 15 is 0 Å². The van der Waals surface area contributed by atoms with Gasteiger partial charge in [0.05, 0.1) is 11.4 Å². The monoisotopic (exact) mass is 355 g/mol. The molecule has 1 aliphatic carbocycles. The summed E-state index contributed by atoms with van der Waals surface area (Å²) in [7, 11) is 0. The Hall–Kier alpha value is -2.66. The van der Waals surface area contributed by atoms with Gasteiger partial charge in [0.2, 0.25) is 0 Å². The summed E-state index contributed by atoms with van der Waals surface area (Å²) in [4.78, 5) is 12.6. The smallest absolute Gasteiger partial charge is 0.255 e. The van der Waals surface area contributed by atoms with Crippen LogP contribution in [-0.2, 0) is 0 Å². The topological polar surface area (TPSA) is 57.8 Å². The maximum absolute atomic E-state index is 13.4. The van der Waals surface area contributed by atoms with E-state index in [-0.39, 0.29) is 11.5 Å². The van der Waals surface area contributed by atoms with Crippen molar-refractivity contribution in [3.63, 3.8) is 0 Å². The zero-order chi connectivity index (χ0) is 17.4. The van der Waals surface area contributed by atoms with Crippen molar-refractivity contribution in [2.75, 3.05) is 5.32 Å². The first kappa shape index (κ1) is 15.8. The Balaban J connectivity index is 1.72. The minimum absolute atomic E-state index is 0.264. The highest BCUT2D eigenvalue weighted by molar-refractivity contribution is 6.30. The van der Waals surface area contributed by atoms with Gasteiger partial charge in [0.15, 0.2) is 0 Å². The van der Waals surface area contributed by atoms with Crippen LogP contribution in [0.4, 0.5) is 10.1 Å². The first-order valence-electron chi connectivity index (χ1n) is 8.03. The highest BCUT2D eigenvalue weighted by atomic mass is 35.5. The third kappa shape index (κ3) is 3.28. The largest absolute Gasteiger partial charge is 0.319 e. The van der Waals surface area contributed by atoms with E-state index in [0.717, 1.165) is 24.1 Å². The van der Waals surface area contributed by atoms with Crippen molar-refractivity contribution in [2.45, 2.75) is 18.8 Å². The second kappa shape index (κ2) is 6.33. The van der Waals surface area contributed by atoms with E-state index in [1.54, 1.807) is 18.2 Å². The summed E-state index contributed by atoms with van der Waals surface area (Å²) in [5.74, 6) is -0.452. The number of nitrogens with one attached hydrogen (secondary N) is 2. The van der Waals surface area contributed by atoms with Gasteiger partial charge in [-0.25, -0.2) is 4.39 Å². The number of carbonyl (C=O) groups is 1. The highest BCUT2D eigenvalue weighted by Gasteiger charge is 2.31. The number of hydrogen-bond donors (Lipinski definition) is 2. The number of rotatable bonds is 4. The van der Waals surface area contributed by atoms with Crippen LogP contribution in [0.1, 0.15) is 34.8 Å². The summed E-state index contributed by atoms with van der Waals surface area (Å²) in [5.41, 5.74) is 3.25. The van der Waals surface area contributed by atoms with Crippen molar-refractivity contribution >= 4 is 23.2 Å². The molecule has 0 unspecified atom stereocenters. The van der Waals surface area contributed by atoms with Gasteiger partial charge in [0.25, 0.3) is 5.91 Å². The quantitative estimate of drug-likeness (QED) is 0.692. The van der Waals surface area contributed by atoms with Crippen molar-refractivity contribution in [1.29, 1.82) is 0 Å². The molecule has 0 bridgehead atoms. The number of nitrogens with zero attached hydrogens (tertiary/aromatic N) is 1. The molecule has 1 amide bonds. The lowest BCUT2D eigenvalue weighted by molar-refractivity contribution is 0.102. The highest BCUT2D eigenvalue weighted by Crippen LogP contribution is 2.45. The lowest BCUT2D eigenvalue weighted by atomic mass is 10.1. The number of halogens is 2. The molecule has 0 spiro atoms. The maximum Gasteiger partial charge on any atom is 0.255 e. The van der Waals surface area contributed by atoms with Crippen molar-refractivity contribution < 1.29 is 9.18 Å². The number of amides is 1. The normalized spacial score (nSPS) is 13.7. The fourth-order valence-electron chi connectivity index (χ4n) is 2.81. The van der Waals surface area contributed by atoms with Crippen LogP contribution >= 0.6 is 11.6 Å². The van der Waals surface area contributed by atoms with Gasteiger partial charge in [-0.2, -0.15) is 5.10 Å². The number of anilines is 1. The molecule has 2 N–H and O–H groups in total. The average molecular weight is 356 g/mol. The molecule has 1 heterocycles. The second-order valence-corrected chi connectivity index (χ2v) is 6.55. The van der Waals surface area contributed by atoms with Crippen LogP contribution in [0.5, 0.6) is 0 Å². The molecule has 4 nitrogen and oxygen atoms in total. The van der Waals surface area contributed by atoms with E-state index in [9.17, 15) is 9.18 Å². The van der Waals surface area contributed by atoms with Crippen LogP contribution < -0.4 is 5.32 Å². The minimum Gasteiger partial charge on any atom is -0.319 e. The van der Waals surface area contributed by atoms with Crippen molar-refractivity contribution in [1.82, 2.24) is 10.2 Å². The standard InChI is InChI=1S/C19H15ClFN3O/c20-14-5-1-3-12(9-14)17-18(16(23-24-17)11-7-8-11)22-19(25)13-4-2-6-15(21)10-13/h1-6,9-11H,7-8H2,(H,22,25)(H,23,24). The molecule has 1 fully saturated rings. The van der Waals surface area contributed by atoms with Crippen LogP contribution in [0.3, 0.4) is 0 Å². The molecule has 3 aromatic rings. The van der Waals surface area contributed by atoms with Crippen LogP contribution in [0.25, 0.3) is 11.3 Å². The summed E-state index contributed by atoms with van der Waals surface area (Å²) in [6, 6.07) is 12.9. The Kier molecular flexibility index (Phi) is 4.01. The van der Waals surface area contributed by atoms with Crippen LogP contribution in [0, 0.1) is 5.82 Å². The zero-order valence-corrected chi connectivity index (χ0v) is 14.0. The fourth-order valence-corrected chi connectivity index (χ4v) is 3.00. The fraction of sp³-hybridized carbons (Fsp3) is 0.158. The average Bonchev–Trinajstić information content (AvgIpc) is 3.36. The summed E-state index contributed by atoms with van der Waals surface area (Å²) >= 11 is 6.08. The molecule has 6 heteroatoms. The first-order chi connectivity index (χ1) is 12.1. The van der Waals surface area contributed by atoms with Crippen molar-refractivity contribution in [3.8, 4) is 11.3 Å². The molecule has 4 rings (SSSR count). The molecular formula is C19H15ClFN3O. The number of carbonyl (C=O) groups excluding carboxylic acids is 1. The van der Waals surface area contributed by atoms with E-state index in [4.69, 9.17) is 11.6 Å². The molecule has 0 aliphatic heterocycles. The molecular weight excluding hydrogens is 341 g/mol. The van der Waals surface area contributed by atoms with Gasteiger partial charge in [-0.15, -0.1) is 0 Å². The Morgan fingerprint density at radius 1 is 1.20 bits per heavy atom. The van der Waals surface area contributed by atoms with Crippen molar-refractivity contribution in [3.05, 3.63) is 70.6 Å². The third-order valence-electron chi connectivity index (χ3n) is 4.20. The Morgan fingerprint density at radius 3 is 2.72 bits per heavy atom. The van der Waals surface area contributed by atoms with Crippen LogP contribution in [0.2, 0.25) is 5.02 Å². The number of benzene rings is 2. The molecule has 1 aliphatic rings. The molecule has 0 radical (unpaired) electrons. The molecule has 0 saturated heterocycles. The third-order valence-corrected chi connectivity index (χ3v) is 4.44. The summed E-state index contributed by atoms with van der Waals surface area (Å²) < 4.78 is 13.4. The van der Waals surface area contributed by atoms with Crippen molar-refractivity contribution in [2.24, 2.45) is 0 Å². The van der Waals surface area contributed by atoms with Gasteiger partial charge in [-0.3, -0.25) is 9.89 Å². The summed E-state index contributed by atoms with van der Waals surface area (Å²) in [6.07, 6.45) is 2.11. The molecule has 1 saturated carbocycles. The summed E-state index contributed by atoms with van der Waals surface area (Å²) in [6.45, 7) is 0. The lowest BCUT2D eigenvalue weighted by Gasteiger charge is -2.09. The number of hydrogen-bond acceptors (Lipinski definition) is 2. The predicted molar refractivity (Wildman–Crippen MR) is 95.4 cm³/mol. The Bertz CT molecular complexity index is 949. The van der Waals surface area contributed by atoms with E-state index in [1.165, 1.54) is 18.2 Å². The molecule has 25 heavy (non-hydrogen) atoms. The van der Waals surface area contributed by atoms with Gasteiger partial charge in [-0.05, 0) is 43.2 Å². The molecule has 126 valence electrons. The first-order valence-corrected chi connectivity index (χ1v) is 8.41. The van der Waals surface area contributed by atoms with Gasteiger partial charge < -0.3 is 5.32 Å². The van der Waals surface area contributed by atoms with Crippen LogP contribution in [-0.4, -0.2) is 16.1 Å². The molecule has 1 aromatic heterocycles. The van der Waals surface area contributed by atoms with Gasteiger partial charge in [0, 0.05) is 22.1 Å². The van der Waals surface area contributed by atoms with E-state index < -0.39 is 5.82 Å². The minimum atomic E-state index is -0.447. The zero-order valence-electron chi connectivity index (χ0n) is 13.2. The summed E-state index contributed by atoms with van der Waals surface area (Å²) in [5, 5.41) is 10.9. The van der Waals surface area contributed by atoms with Gasteiger partial charge >= 0.3 is 0 Å². The van der Waals surface area contributed by atoms with E-state index in [0.29, 0.717) is 22.3 Å².